The Balaban J connectivity index is 1.87. The van der Waals surface area contributed by atoms with Crippen molar-refractivity contribution < 1.29 is 19.2 Å². The molecule has 2 aromatic carbocycles. The number of ether oxygens (including phenoxy) is 2. The predicted octanol–water partition coefficient (Wildman–Crippen LogP) is 3.55. The maximum atomic E-state index is 11.7. The van der Waals surface area contributed by atoms with Gasteiger partial charge in [-0.05, 0) is 45.8 Å². The molecule has 0 aliphatic heterocycles. The molecule has 10 heteroatoms. The zero-order valence-electron chi connectivity index (χ0n) is 13.4. The van der Waals surface area contributed by atoms with Gasteiger partial charge in [0.15, 0.2) is 6.61 Å². The number of carbonyl (C=O) groups excluding carboxylic acids is 1. The summed E-state index contributed by atoms with van der Waals surface area (Å²) < 4.78 is 10.7. The average Bonchev–Trinajstić information content (AvgIpc) is 2.60. The molecule has 0 bridgehead atoms. The van der Waals surface area contributed by atoms with E-state index in [1.807, 2.05) is 0 Å². The van der Waals surface area contributed by atoms with Gasteiger partial charge in [-0.25, -0.2) is 5.43 Å². The van der Waals surface area contributed by atoms with E-state index in [0.29, 0.717) is 26.6 Å². The molecule has 0 aliphatic carbocycles. The summed E-state index contributed by atoms with van der Waals surface area (Å²) in [6.45, 7) is -0.308. The molecule has 136 valence electrons. The van der Waals surface area contributed by atoms with Crippen LogP contribution < -0.4 is 14.9 Å². The van der Waals surface area contributed by atoms with Crippen LogP contribution in [0.2, 0.25) is 5.02 Å². The van der Waals surface area contributed by atoms with Crippen LogP contribution >= 0.6 is 27.5 Å². The maximum Gasteiger partial charge on any atom is 0.277 e. The summed E-state index contributed by atoms with van der Waals surface area (Å²) in [7, 11) is 1.51. The van der Waals surface area contributed by atoms with Crippen molar-refractivity contribution in [2.45, 2.75) is 0 Å². The fraction of sp³-hybridized carbons (Fsp3) is 0.125. The van der Waals surface area contributed by atoms with Gasteiger partial charge in [0, 0.05) is 12.1 Å². The molecule has 0 radical (unpaired) electrons. The molecular weight excluding hydrogens is 430 g/mol. The molecule has 0 unspecified atom stereocenters. The van der Waals surface area contributed by atoms with E-state index in [-0.39, 0.29) is 12.3 Å². The number of rotatable bonds is 7. The summed E-state index contributed by atoms with van der Waals surface area (Å²) in [6.07, 6.45) is 1.42. The van der Waals surface area contributed by atoms with E-state index in [4.69, 9.17) is 21.1 Å². The van der Waals surface area contributed by atoms with Gasteiger partial charge in [0.05, 0.1) is 27.7 Å². The van der Waals surface area contributed by atoms with Crippen molar-refractivity contribution in [1.82, 2.24) is 5.43 Å². The lowest BCUT2D eigenvalue weighted by molar-refractivity contribution is -0.384. The third-order valence-corrected chi connectivity index (χ3v) is 3.98. The van der Waals surface area contributed by atoms with Crippen molar-refractivity contribution in [3.8, 4) is 11.5 Å². The number of nitrogens with one attached hydrogen (secondary N) is 1. The van der Waals surface area contributed by atoms with Crippen LogP contribution in [-0.4, -0.2) is 30.8 Å². The summed E-state index contributed by atoms with van der Waals surface area (Å²) >= 11 is 9.15. The molecule has 0 heterocycles. The molecule has 0 aliphatic rings. The van der Waals surface area contributed by atoms with Crippen molar-refractivity contribution in [2.75, 3.05) is 13.7 Å². The Hall–Kier alpha value is -2.65. The monoisotopic (exact) mass is 441 g/mol. The van der Waals surface area contributed by atoms with Crippen molar-refractivity contribution in [2.24, 2.45) is 5.10 Å². The Kier molecular flexibility index (Phi) is 6.93. The quantitative estimate of drug-likeness (QED) is 0.401. The zero-order valence-corrected chi connectivity index (χ0v) is 15.8. The smallest absolute Gasteiger partial charge is 0.277 e. The second kappa shape index (κ2) is 9.16. The molecule has 2 rings (SSSR count). The molecule has 0 atom stereocenters. The largest absolute Gasteiger partial charge is 0.495 e. The molecule has 0 saturated heterocycles. The third kappa shape index (κ3) is 5.43. The van der Waals surface area contributed by atoms with E-state index in [2.05, 4.69) is 26.5 Å². The number of nitrogens with zero attached hydrogens (tertiary/aromatic N) is 2. The number of hydrogen-bond donors (Lipinski definition) is 1. The van der Waals surface area contributed by atoms with E-state index in [9.17, 15) is 14.9 Å². The van der Waals surface area contributed by atoms with E-state index in [0.717, 1.165) is 0 Å². The van der Waals surface area contributed by atoms with Crippen LogP contribution in [0.1, 0.15) is 5.56 Å². The SMILES string of the molecule is COc1ccc(C=NNC(=O)COc2ccc([N+](=O)[O-])cc2Br)cc1Cl. The second-order valence-corrected chi connectivity index (χ2v) is 6.11. The van der Waals surface area contributed by atoms with E-state index >= 15 is 0 Å². The normalized spacial score (nSPS) is 10.6. The zero-order chi connectivity index (χ0) is 19.1. The molecular formula is C16H13BrClN3O5. The lowest BCUT2D eigenvalue weighted by Crippen LogP contribution is -2.24. The Morgan fingerprint density at radius 3 is 2.69 bits per heavy atom. The summed E-state index contributed by atoms with van der Waals surface area (Å²) in [5.41, 5.74) is 2.90. The molecule has 0 spiro atoms. The van der Waals surface area contributed by atoms with Gasteiger partial charge in [-0.2, -0.15) is 5.10 Å². The topological polar surface area (TPSA) is 103 Å². The van der Waals surface area contributed by atoms with Crippen molar-refractivity contribution in [3.05, 3.63) is 61.6 Å². The first-order chi connectivity index (χ1) is 12.4. The molecule has 0 fully saturated rings. The third-order valence-electron chi connectivity index (χ3n) is 3.06. The number of amides is 1. The summed E-state index contributed by atoms with van der Waals surface area (Å²) in [6, 6.07) is 9.02. The minimum absolute atomic E-state index is 0.0866. The van der Waals surface area contributed by atoms with E-state index in [1.54, 1.807) is 18.2 Å². The highest BCUT2D eigenvalue weighted by Gasteiger charge is 2.11. The van der Waals surface area contributed by atoms with Crippen LogP contribution in [0.3, 0.4) is 0 Å². The average molecular weight is 443 g/mol. The number of nitro groups is 1. The number of non-ortho nitro benzene ring substituents is 1. The van der Waals surface area contributed by atoms with Crippen molar-refractivity contribution in [1.29, 1.82) is 0 Å². The van der Waals surface area contributed by atoms with Crippen LogP contribution in [0.15, 0.2) is 46.0 Å². The number of methoxy groups -OCH3 is 1. The first kappa shape index (κ1) is 19.7. The number of benzene rings is 2. The van der Waals surface area contributed by atoms with Crippen molar-refractivity contribution >= 4 is 45.3 Å². The summed E-state index contributed by atoms with van der Waals surface area (Å²) in [4.78, 5) is 21.9. The highest BCUT2D eigenvalue weighted by molar-refractivity contribution is 9.10. The Morgan fingerprint density at radius 2 is 2.08 bits per heavy atom. The fourth-order valence-corrected chi connectivity index (χ4v) is 2.58. The number of carbonyl (C=O) groups is 1. The van der Waals surface area contributed by atoms with Gasteiger partial charge in [-0.3, -0.25) is 14.9 Å². The second-order valence-electron chi connectivity index (χ2n) is 4.85. The van der Waals surface area contributed by atoms with Crippen LogP contribution in [-0.2, 0) is 4.79 Å². The van der Waals surface area contributed by atoms with Gasteiger partial charge in [-0.1, -0.05) is 11.6 Å². The van der Waals surface area contributed by atoms with Gasteiger partial charge in [-0.15, -0.1) is 0 Å². The molecule has 1 amide bonds. The number of nitro benzene ring substituents is 1. The minimum atomic E-state index is -0.526. The minimum Gasteiger partial charge on any atom is -0.495 e. The molecule has 0 saturated carbocycles. The lowest BCUT2D eigenvalue weighted by atomic mass is 10.2. The Labute approximate surface area is 162 Å². The Bertz CT molecular complexity index is 860. The molecule has 2 aromatic rings. The van der Waals surface area contributed by atoms with Gasteiger partial charge >= 0.3 is 0 Å². The standard InChI is InChI=1S/C16H13BrClN3O5/c1-25-15-4-2-10(6-13(15)18)8-19-20-16(22)9-26-14-5-3-11(21(23)24)7-12(14)17/h2-8H,9H2,1H3,(H,20,22). The number of halogens is 2. The lowest BCUT2D eigenvalue weighted by Gasteiger charge is -2.07. The fourth-order valence-electron chi connectivity index (χ4n) is 1.84. The van der Waals surface area contributed by atoms with Gasteiger partial charge in [0.1, 0.15) is 11.5 Å². The molecule has 26 heavy (non-hydrogen) atoms. The van der Waals surface area contributed by atoms with Gasteiger partial charge in [0.25, 0.3) is 11.6 Å². The van der Waals surface area contributed by atoms with Crippen LogP contribution in [0, 0.1) is 10.1 Å². The highest BCUT2D eigenvalue weighted by Crippen LogP contribution is 2.29. The number of hydrogen-bond acceptors (Lipinski definition) is 6. The van der Waals surface area contributed by atoms with Crippen LogP contribution in [0.5, 0.6) is 11.5 Å². The molecule has 1 N–H and O–H groups in total. The molecule has 0 aromatic heterocycles. The van der Waals surface area contributed by atoms with Crippen LogP contribution in [0.25, 0.3) is 0 Å². The first-order valence-corrected chi connectivity index (χ1v) is 8.30. The van der Waals surface area contributed by atoms with E-state index < -0.39 is 10.8 Å². The summed E-state index contributed by atoms with van der Waals surface area (Å²) in [5, 5.41) is 14.9. The molecule has 8 nitrogen and oxygen atoms in total. The number of hydrazone groups is 1. The Morgan fingerprint density at radius 1 is 1.35 bits per heavy atom. The predicted molar refractivity (Wildman–Crippen MR) is 100 cm³/mol. The summed E-state index contributed by atoms with van der Waals surface area (Å²) in [5.74, 6) is 0.345. The maximum absolute atomic E-state index is 11.7. The van der Waals surface area contributed by atoms with E-state index in [1.165, 1.54) is 31.5 Å². The van der Waals surface area contributed by atoms with Crippen LogP contribution in [0.4, 0.5) is 5.69 Å². The highest BCUT2D eigenvalue weighted by atomic mass is 79.9. The first-order valence-electron chi connectivity index (χ1n) is 7.13. The van der Waals surface area contributed by atoms with Gasteiger partial charge < -0.3 is 9.47 Å². The van der Waals surface area contributed by atoms with Crippen molar-refractivity contribution in [3.63, 3.8) is 0 Å². The van der Waals surface area contributed by atoms with Gasteiger partial charge in [0.2, 0.25) is 0 Å².